The summed E-state index contributed by atoms with van der Waals surface area (Å²) in [5.74, 6) is -0.913. The van der Waals surface area contributed by atoms with Crippen LogP contribution in [0.5, 0.6) is 0 Å². The molecule has 1 saturated heterocycles. The Hall–Kier alpha value is -1.07. The summed E-state index contributed by atoms with van der Waals surface area (Å²) in [7, 11) is 0. The van der Waals surface area contributed by atoms with Crippen molar-refractivity contribution >= 4 is 27.6 Å². The van der Waals surface area contributed by atoms with Gasteiger partial charge in [-0.2, -0.15) is 0 Å². The van der Waals surface area contributed by atoms with Gasteiger partial charge in [-0.3, -0.25) is 0 Å². The molecule has 0 aromatic heterocycles. The van der Waals surface area contributed by atoms with E-state index in [-0.39, 0.29) is 5.56 Å². The number of carbonyl (C=O) groups is 1. The fourth-order valence-electron chi connectivity index (χ4n) is 2.46. The van der Waals surface area contributed by atoms with Crippen molar-refractivity contribution in [2.24, 2.45) is 0 Å². The molecule has 2 N–H and O–H groups in total. The number of anilines is 1. The van der Waals surface area contributed by atoms with E-state index in [1.54, 1.807) is 6.07 Å². The van der Waals surface area contributed by atoms with E-state index in [1.165, 1.54) is 25.9 Å². The Labute approximate surface area is 121 Å². The SMILES string of the molecule is CC(CN1CCCC1)Nc1ccc(C(=O)O)c(Br)c1. The van der Waals surface area contributed by atoms with E-state index in [4.69, 9.17) is 5.11 Å². The maximum Gasteiger partial charge on any atom is 0.336 e. The van der Waals surface area contributed by atoms with Crippen LogP contribution < -0.4 is 5.32 Å². The summed E-state index contributed by atoms with van der Waals surface area (Å²) >= 11 is 3.29. The predicted molar refractivity (Wildman–Crippen MR) is 79.9 cm³/mol. The molecule has 0 radical (unpaired) electrons. The Bertz CT molecular complexity index is 459. The van der Waals surface area contributed by atoms with Gasteiger partial charge in [0, 0.05) is 22.7 Å². The van der Waals surface area contributed by atoms with Crippen LogP contribution in [0.1, 0.15) is 30.1 Å². The standard InChI is InChI=1S/C14H19BrN2O2/c1-10(9-17-6-2-3-7-17)16-11-4-5-12(14(18)19)13(15)8-11/h4-5,8,10,16H,2-3,6-7,9H2,1H3,(H,18,19). The third-order valence-corrected chi connectivity index (χ3v) is 4.00. The molecule has 1 aliphatic rings. The molecule has 1 aliphatic heterocycles. The van der Waals surface area contributed by atoms with E-state index in [0.717, 1.165) is 12.2 Å². The second-order valence-corrected chi connectivity index (χ2v) is 5.91. The number of hydrogen-bond donors (Lipinski definition) is 2. The van der Waals surface area contributed by atoms with Gasteiger partial charge in [0.15, 0.2) is 0 Å². The van der Waals surface area contributed by atoms with Crippen LogP contribution >= 0.6 is 15.9 Å². The Balaban J connectivity index is 1.94. The molecule has 1 aromatic carbocycles. The molecule has 1 fully saturated rings. The number of carboxylic acid groups (broad SMARTS) is 1. The summed E-state index contributed by atoms with van der Waals surface area (Å²) in [5.41, 5.74) is 1.24. The normalized spacial score (nSPS) is 17.4. The number of hydrogen-bond acceptors (Lipinski definition) is 3. The molecule has 19 heavy (non-hydrogen) atoms. The summed E-state index contributed by atoms with van der Waals surface area (Å²) in [6.45, 7) is 5.55. The first-order valence-corrected chi connectivity index (χ1v) is 7.37. The van der Waals surface area contributed by atoms with Gasteiger partial charge < -0.3 is 15.3 Å². The molecule has 0 aliphatic carbocycles. The van der Waals surface area contributed by atoms with Crippen molar-refractivity contribution in [3.05, 3.63) is 28.2 Å². The first kappa shape index (κ1) is 14.3. The van der Waals surface area contributed by atoms with Gasteiger partial charge in [0.2, 0.25) is 0 Å². The van der Waals surface area contributed by atoms with Crippen LogP contribution in [0, 0.1) is 0 Å². The average Bonchev–Trinajstić information content (AvgIpc) is 2.81. The topological polar surface area (TPSA) is 52.6 Å². The summed E-state index contributed by atoms with van der Waals surface area (Å²) in [5, 5.41) is 12.4. The third-order valence-electron chi connectivity index (χ3n) is 3.34. The minimum Gasteiger partial charge on any atom is -0.478 e. The number of aromatic carboxylic acids is 1. The van der Waals surface area contributed by atoms with Crippen LogP contribution in [0.15, 0.2) is 22.7 Å². The van der Waals surface area contributed by atoms with E-state index in [1.807, 2.05) is 12.1 Å². The summed E-state index contributed by atoms with van der Waals surface area (Å²) < 4.78 is 0.610. The zero-order valence-corrected chi connectivity index (χ0v) is 12.6. The molecule has 0 spiro atoms. The van der Waals surface area contributed by atoms with Crippen LogP contribution in [-0.2, 0) is 0 Å². The lowest BCUT2D eigenvalue weighted by atomic mass is 10.2. The molecule has 0 saturated carbocycles. The Kier molecular flexibility index (Phi) is 4.82. The lowest BCUT2D eigenvalue weighted by Gasteiger charge is -2.22. The summed E-state index contributed by atoms with van der Waals surface area (Å²) in [6.07, 6.45) is 2.59. The second-order valence-electron chi connectivity index (χ2n) is 5.05. The highest BCUT2D eigenvalue weighted by Gasteiger charge is 2.15. The molecule has 1 atom stereocenters. The molecule has 104 valence electrons. The zero-order valence-electron chi connectivity index (χ0n) is 11.0. The molecular weight excluding hydrogens is 308 g/mol. The van der Waals surface area contributed by atoms with E-state index >= 15 is 0 Å². The third kappa shape index (κ3) is 3.94. The first-order chi connectivity index (χ1) is 9.06. The monoisotopic (exact) mass is 326 g/mol. The minimum atomic E-state index is -0.913. The number of benzene rings is 1. The Morgan fingerprint density at radius 2 is 2.16 bits per heavy atom. The van der Waals surface area contributed by atoms with Gasteiger partial charge in [-0.15, -0.1) is 0 Å². The van der Waals surface area contributed by atoms with Gasteiger partial charge in [0.1, 0.15) is 0 Å². The number of rotatable bonds is 5. The first-order valence-electron chi connectivity index (χ1n) is 6.58. The fourth-order valence-corrected chi connectivity index (χ4v) is 3.01. The van der Waals surface area contributed by atoms with E-state index < -0.39 is 5.97 Å². The highest BCUT2D eigenvalue weighted by molar-refractivity contribution is 9.10. The van der Waals surface area contributed by atoms with Crippen molar-refractivity contribution in [2.75, 3.05) is 25.0 Å². The van der Waals surface area contributed by atoms with Crippen molar-refractivity contribution < 1.29 is 9.90 Å². The number of halogens is 1. The lowest BCUT2D eigenvalue weighted by molar-refractivity contribution is 0.0696. The summed E-state index contributed by atoms with van der Waals surface area (Å²) in [6, 6.07) is 5.61. The number of nitrogens with zero attached hydrogens (tertiary/aromatic N) is 1. The molecular formula is C14H19BrN2O2. The van der Waals surface area contributed by atoms with Crippen LogP contribution in [0.4, 0.5) is 5.69 Å². The van der Waals surface area contributed by atoms with Crippen molar-refractivity contribution in [2.45, 2.75) is 25.8 Å². The zero-order chi connectivity index (χ0) is 13.8. The van der Waals surface area contributed by atoms with Crippen LogP contribution in [0.25, 0.3) is 0 Å². The number of likely N-dealkylation sites (tertiary alicyclic amines) is 1. The van der Waals surface area contributed by atoms with Gasteiger partial charge in [-0.25, -0.2) is 4.79 Å². The lowest BCUT2D eigenvalue weighted by Crippen LogP contribution is -2.32. The quantitative estimate of drug-likeness (QED) is 0.873. The van der Waals surface area contributed by atoms with Crippen molar-refractivity contribution in [3.63, 3.8) is 0 Å². The van der Waals surface area contributed by atoms with Crippen molar-refractivity contribution in [1.29, 1.82) is 0 Å². The van der Waals surface area contributed by atoms with Crippen LogP contribution in [0.3, 0.4) is 0 Å². The summed E-state index contributed by atoms with van der Waals surface area (Å²) in [4.78, 5) is 13.4. The number of carboxylic acids is 1. The predicted octanol–water partition coefficient (Wildman–Crippen LogP) is 3.04. The molecule has 1 aromatic rings. The molecule has 0 bridgehead atoms. The minimum absolute atomic E-state index is 0.290. The Morgan fingerprint density at radius 3 is 2.74 bits per heavy atom. The molecule has 5 heteroatoms. The van der Waals surface area contributed by atoms with Crippen LogP contribution in [-0.4, -0.2) is 41.7 Å². The van der Waals surface area contributed by atoms with Crippen molar-refractivity contribution in [1.82, 2.24) is 4.90 Å². The van der Waals surface area contributed by atoms with E-state index in [2.05, 4.69) is 33.1 Å². The van der Waals surface area contributed by atoms with Gasteiger partial charge >= 0.3 is 5.97 Å². The highest BCUT2D eigenvalue weighted by Crippen LogP contribution is 2.22. The maximum atomic E-state index is 10.9. The maximum absolute atomic E-state index is 10.9. The number of nitrogens with one attached hydrogen (secondary N) is 1. The smallest absolute Gasteiger partial charge is 0.336 e. The van der Waals surface area contributed by atoms with Crippen LogP contribution in [0.2, 0.25) is 0 Å². The largest absolute Gasteiger partial charge is 0.478 e. The fraction of sp³-hybridized carbons (Fsp3) is 0.500. The van der Waals surface area contributed by atoms with E-state index in [0.29, 0.717) is 10.5 Å². The molecule has 2 rings (SSSR count). The van der Waals surface area contributed by atoms with Crippen molar-refractivity contribution in [3.8, 4) is 0 Å². The second kappa shape index (κ2) is 6.39. The molecule has 1 heterocycles. The van der Waals surface area contributed by atoms with E-state index in [9.17, 15) is 4.79 Å². The van der Waals surface area contributed by atoms with Gasteiger partial charge in [-0.1, -0.05) is 0 Å². The molecule has 1 unspecified atom stereocenters. The van der Waals surface area contributed by atoms with Gasteiger partial charge in [0.05, 0.1) is 5.56 Å². The molecule has 4 nitrogen and oxygen atoms in total. The molecule has 0 amide bonds. The Morgan fingerprint density at radius 1 is 1.47 bits per heavy atom. The highest BCUT2D eigenvalue weighted by atomic mass is 79.9. The van der Waals surface area contributed by atoms with Gasteiger partial charge in [0.25, 0.3) is 0 Å². The average molecular weight is 327 g/mol. The van der Waals surface area contributed by atoms with Gasteiger partial charge in [-0.05, 0) is 67.0 Å².